The van der Waals surface area contributed by atoms with Crippen molar-refractivity contribution >= 4 is 39.2 Å². The Hall–Kier alpha value is -4.05. The molecule has 2 heterocycles. The number of anilines is 1. The summed E-state index contributed by atoms with van der Waals surface area (Å²) < 4.78 is 89.1. The maximum Gasteiger partial charge on any atom is 0.573 e. The van der Waals surface area contributed by atoms with E-state index in [1.165, 1.54) is 42.3 Å². The van der Waals surface area contributed by atoms with E-state index in [1.54, 1.807) is 12.1 Å². The molecule has 11 nitrogen and oxygen atoms in total. The summed E-state index contributed by atoms with van der Waals surface area (Å²) in [5.41, 5.74) is -2.45. The Kier molecular flexibility index (Phi) is 8.42. The molecule has 0 spiro atoms. The van der Waals surface area contributed by atoms with Crippen LogP contribution in [0.3, 0.4) is 0 Å². The molecule has 0 radical (unpaired) electrons. The molecule has 1 saturated heterocycles. The van der Waals surface area contributed by atoms with Crippen LogP contribution in [0.1, 0.15) is 17.5 Å². The van der Waals surface area contributed by atoms with Gasteiger partial charge in [0.05, 0.1) is 33.1 Å². The van der Waals surface area contributed by atoms with Gasteiger partial charge in [-0.2, -0.15) is 0 Å². The number of likely N-dealkylation sites (tertiary alicyclic amines) is 1. The summed E-state index contributed by atoms with van der Waals surface area (Å²) in [6.07, 6.45) is -6.66. The maximum atomic E-state index is 15.0. The van der Waals surface area contributed by atoms with E-state index in [4.69, 9.17) is 25.8 Å². The fourth-order valence-electron chi connectivity index (χ4n) is 5.91. The normalized spacial score (nSPS) is 21.9. The first-order valence-electron chi connectivity index (χ1n) is 13.2. The molecular formula is C29H26ClF3N2O9S. The minimum absolute atomic E-state index is 0.0192. The number of hydrogen-bond acceptors (Lipinski definition) is 10. The van der Waals surface area contributed by atoms with Gasteiger partial charge in [-0.3, -0.25) is 14.5 Å². The molecule has 16 heteroatoms. The number of ether oxygens (including phenoxy) is 4. The van der Waals surface area contributed by atoms with Crippen LogP contribution in [0.4, 0.5) is 18.9 Å². The predicted octanol–water partition coefficient (Wildman–Crippen LogP) is 3.84. The van der Waals surface area contributed by atoms with Crippen molar-refractivity contribution in [2.24, 2.45) is 0 Å². The summed E-state index contributed by atoms with van der Waals surface area (Å²) in [4.78, 5) is 28.4. The van der Waals surface area contributed by atoms with Gasteiger partial charge in [0.15, 0.2) is 11.3 Å². The molecule has 1 unspecified atom stereocenters. The van der Waals surface area contributed by atoms with Crippen LogP contribution < -0.4 is 18.5 Å². The highest BCUT2D eigenvalue weighted by Gasteiger charge is 2.64. The van der Waals surface area contributed by atoms with Gasteiger partial charge >= 0.3 is 12.3 Å². The van der Waals surface area contributed by atoms with E-state index in [0.29, 0.717) is 4.31 Å². The number of fused-ring (bicyclic) bond motifs is 1. The van der Waals surface area contributed by atoms with Gasteiger partial charge in [0, 0.05) is 28.8 Å². The number of halogens is 4. The topological polar surface area (TPSA) is 132 Å². The number of nitrogens with zero attached hydrogens (tertiary/aromatic N) is 2. The molecule has 1 amide bonds. The molecule has 3 aromatic carbocycles. The van der Waals surface area contributed by atoms with Crippen LogP contribution in [0, 0.1) is 0 Å². The van der Waals surface area contributed by atoms with Gasteiger partial charge in [0.2, 0.25) is 0 Å². The highest BCUT2D eigenvalue weighted by atomic mass is 35.5. The van der Waals surface area contributed by atoms with Crippen LogP contribution >= 0.6 is 11.6 Å². The third-order valence-corrected chi connectivity index (χ3v) is 9.66. The second kappa shape index (κ2) is 11.7. The van der Waals surface area contributed by atoms with Gasteiger partial charge in [-0.15, -0.1) is 13.2 Å². The lowest BCUT2D eigenvalue weighted by Gasteiger charge is -2.41. The molecule has 5 rings (SSSR count). The standard InChI is InChI=1S/C29H26ClF3N2O9S/c1-41-17-9-11-24(23(15-17)44-29(31,32)33)45(39,40)35-20-10-8-16(30)14-19(20)28(27(35)38,18-6-4-5-7-22(18)42-2)34-13-12-21(36)25(34)26(37)43-3/h4-11,14-15,21,25,36H,12-13H2,1-3H3/t21-,25-,28?/m1/s1. The molecule has 0 aliphatic carbocycles. The zero-order chi connectivity index (χ0) is 32.9. The molecule has 0 aromatic heterocycles. The third-order valence-electron chi connectivity index (χ3n) is 7.69. The van der Waals surface area contributed by atoms with Gasteiger partial charge < -0.3 is 24.1 Å². The average Bonchev–Trinajstić information content (AvgIpc) is 3.50. The van der Waals surface area contributed by atoms with E-state index in [-0.39, 0.29) is 46.3 Å². The summed E-state index contributed by atoms with van der Waals surface area (Å²) in [5, 5.41) is 11.0. The number of benzene rings is 3. The number of hydrogen-bond donors (Lipinski definition) is 1. The molecule has 0 saturated carbocycles. The lowest BCUT2D eigenvalue weighted by molar-refractivity contribution is -0.275. The first-order chi connectivity index (χ1) is 21.2. The Morgan fingerprint density at radius 2 is 1.71 bits per heavy atom. The molecular weight excluding hydrogens is 645 g/mol. The number of carbonyl (C=O) groups excluding carboxylic acids is 2. The van der Waals surface area contributed by atoms with Crippen molar-refractivity contribution in [3.05, 3.63) is 76.8 Å². The lowest BCUT2D eigenvalue weighted by Crippen LogP contribution is -2.59. The zero-order valence-corrected chi connectivity index (χ0v) is 25.4. The Balaban J connectivity index is 1.85. The quantitative estimate of drug-likeness (QED) is 0.353. The van der Waals surface area contributed by atoms with Crippen molar-refractivity contribution in [2.75, 3.05) is 32.2 Å². The first-order valence-corrected chi connectivity index (χ1v) is 15.0. The lowest BCUT2D eigenvalue weighted by atomic mass is 9.80. The number of esters is 1. The highest BCUT2D eigenvalue weighted by Crippen LogP contribution is 2.55. The van der Waals surface area contributed by atoms with Crippen molar-refractivity contribution in [1.29, 1.82) is 0 Å². The molecule has 2 aliphatic heterocycles. The van der Waals surface area contributed by atoms with Crippen molar-refractivity contribution in [3.63, 3.8) is 0 Å². The smallest absolute Gasteiger partial charge is 0.497 e. The number of alkyl halides is 3. The zero-order valence-electron chi connectivity index (χ0n) is 23.9. The van der Waals surface area contributed by atoms with Crippen LogP contribution in [0.2, 0.25) is 5.02 Å². The molecule has 1 N–H and O–H groups in total. The van der Waals surface area contributed by atoms with Crippen LogP contribution in [0.15, 0.2) is 65.6 Å². The number of aliphatic hydroxyl groups is 1. The van der Waals surface area contributed by atoms with Crippen LogP contribution in [-0.2, 0) is 29.9 Å². The predicted molar refractivity (Wildman–Crippen MR) is 153 cm³/mol. The molecule has 2 aliphatic rings. The van der Waals surface area contributed by atoms with E-state index < -0.39 is 56.6 Å². The van der Waals surface area contributed by atoms with E-state index in [0.717, 1.165) is 32.4 Å². The van der Waals surface area contributed by atoms with Crippen molar-refractivity contribution in [3.8, 4) is 17.2 Å². The summed E-state index contributed by atoms with van der Waals surface area (Å²) in [7, 11) is -1.65. The van der Waals surface area contributed by atoms with Crippen LogP contribution in [0.25, 0.3) is 0 Å². The van der Waals surface area contributed by atoms with Gasteiger partial charge in [0.1, 0.15) is 22.4 Å². The number of sulfonamides is 1. The number of rotatable bonds is 8. The fraction of sp³-hybridized carbons (Fsp3) is 0.310. The fourth-order valence-corrected chi connectivity index (χ4v) is 7.64. The molecule has 45 heavy (non-hydrogen) atoms. The first kappa shape index (κ1) is 32.3. The largest absolute Gasteiger partial charge is 0.573 e. The van der Waals surface area contributed by atoms with E-state index in [2.05, 4.69) is 4.74 Å². The maximum absolute atomic E-state index is 15.0. The van der Waals surface area contributed by atoms with Gasteiger partial charge in [0.25, 0.3) is 15.9 Å². The van der Waals surface area contributed by atoms with E-state index in [1.807, 2.05) is 0 Å². The molecule has 1 fully saturated rings. The third kappa shape index (κ3) is 5.22. The number of aliphatic hydroxyl groups excluding tert-OH is 1. The average molecular weight is 671 g/mol. The minimum Gasteiger partial charge on any atom is -0.497 e. The van der Waals surface area contributed by atoms with Gasteiger partial charge in [-0.05, 0) is 42.8 Å². The SMILES string of the molecule is COC(=O)[C@H]1[C@H](O)CCN1C1(c2ccccc2OC)C(=O)N(S(=O)(=O)c2ccc(OC)cc2OC(F)(F)F)c2ccc(Cl)cc21. The second-order valence-electron chi connectivity index (χ2n) is 10.0. The van der Waals surface area contributed by atoms with Crippen LogP contribution in [0.5, 0.6) is 17.2 Å². The summed E-state index contributed by atoms with van der Waals surface area (Å²) in [6.45, 7) is -0.116. The molecule has 3 atom stereocenters. The van der Waals surface area contributed by atoms with Crippen molar-refractivity contribution in [2.45, 2.75) is 35.4 Å². The highest BCUT2D eigenvalue weighted by molar-refractivity contribution is 7.93. The molecule has 0 bridgehead atoms. The summed E-state index contributed by atoms with van der Waals surface area (Å²) in [5.74, 6) is -3.32. The van der Waals surface area contributed by atoms with Crippen LogP contribution in [-0.4, -0.2) is 76.7 Å². The van der Waals surface area contributed by atoms with E-state index in [9.17, 15) is 31.5 Å². The molecule has 240 valence electrons. The second-order valence-corrected chi connectivity index (χ2v) is 12.2. The van der Waals surface area contributed by atoms with E-state index >= 15 is 4.79 Å². The molecule has 3 aromatic rings. The minimum atomic E-state index is -5.31. The van der Waals surface area contributed by atoms with Gasteiger partial charge in [-0.25, -0.2) is 12.7 Å². The Bertz CT molecular complexity index is 1770. The van der Waals surface area contributed by atoms with Crippen molar-refractivity contribution < 1.29 is 55.2 Å². The van der Waals surface area contributed by atoms with Crippen molar-refractivity contribution in [1.82, 2.24) is 4.90 Å². The number of carbonyl (C=O) groups is 2. The Morgan fingerprint density at radius 1 is 1.00 bits per heavy atom. The number of amides is 1. The monoisotopic (exact) mass is 670 g/mol. The summed E-state index contributed by atoms with van der Waals surface area (Å²) in [6, 6.07) is 11.1. The Labute approximate surface area is 260 Å². The number of methoxy groups -OCH3 is 3. The number of para-hydroxylation sites is 1. The Morgan fingerprint density at radius 3 is 2.36 bits per heavy atom. The van der Waals surface area contributed by atoms with Gasteiger partial charge in [-0.1, -0.05) is 29.8 Å². The summed E-state index contributed by atoms with van der Waals surface area (Å²) >= 11 is 6.40.